The van der Waals surface area contributed by atoms with E-state index in [2.05, 4.69) is 42.5 Å². The van der Waals surface area contributed by atoms with Crippen molar-refractivity contribution >= 4 is 22.7 Å². The van der Waals surface area contributed by atoms with E-state index >= 15 is 0 Å². The molecule has 2 unspecified atom stereocenters. The van der Waals surface area contributed by atoms with Crippen LogP contribution in [0.25, 0.3) is 42.3 Å². The number of aromatic nitrogens is 3. The molecule has 0 spiro atoms. The monoisotopic (exact) mass is 625 g/mol. The maximum Gasteiger partial charge on any atom is 0.158 e. The summed E-state index contributed by atoms with van der Waals surface area (Å²) in [6.45, 7) is 2.45. The van der Waals surface area contributed by atoms with Crippen LogP contribution >= 0.6 is 22.7 Å². The first-order chi connectivity index (χ1) is 21.8. The molecular weight excluding hydrogens is 591 g/mol. The average Bonchev–Trinajstić information content (AvgIpc) is 3.79. The quantitative estimate of drug-likeness (QED) is 0.154. The fraction of sp³-hybridized carbons (Fsp3) is 0.343. The van der Waals surface area contributed by atoms with E-state index in [4.69, 9.17) is 33.9 Å². The Morgan fingerprint density at radius 1 is 0.523 bits per heavy atom. The third-order valence-corrected chi connectivity index (χ3v) is 9.95. The van der Waals surface area contributed by atoms with Gasteiger partial charge in [-0.25, -0.2) is 15.0 Å². The minimum Gasteiger partial charge on any atom is -0.353 e. The molecule has 2 saturated heterocycles. The largest absolute Gasteiger partial charge is 0.353 e. The van der Waals surface area contributed by atoms with Crippen molar-refractivity contribution in [3.05, 3.63) is 90.3 Å². The Bertz CT molecular complexity index is 1550. The molecule has 44 heavy (non-hydrogen) atoms. The maximum atomic E-state index is 5.95. The molecule has 5 aromatic rings. The molecule has 2 atom stereocenters. The predicted molar refractivity (Wildman–Crippen MR) is 174 cm³/mol. The molecule has 0 N–H and O–H groups in total. The van der Waals surface area contributed by atoms with Crippen LogP contribution in [0, 0.1) is 0 Å². The molecule has 2 aliphatic rings. The van der Waals surface area contributed by atoms with Crippen LogP contribution in [-0.2, 0) is 32.2 Å². The van der Waals surface area contributed by atoms with E-state index in [1.165, 1.54) is 0 Å². The lowest BCUT2D eigenvalue weighted by molar-refractivity contribution is -0.169. The summed E-state index contributed by atoms with van der Waals surface area (Å²) in [6, 6.07) is 26.9. The van der Waals surface area contributed by atoms with Crippen LogP contribution in [0.1, 0.15) is 49.9 Å². The van der Waals surface area contributed by atoms with Crippen LogP contribution in [-0.4, -0.2) is 40.7 Å². The molecule has 0 bridgehead atoms. The zero-order valence-electron chi connectivity index (χ0n) is 24.5. The first kappa shape index (κ1) is 29.4. The molecule has 7 nitrogen and oxygen atoms in total. The van der Waals surface area contributed by atoms with Crippen LogP contribution in [0.3, 0.4) is 0 Å². The van der Waals surface area contributed by atoms with Crippen LogP contribution < -0.4 is 0 Å². The van der Waals surface area contributed by atoms with Gasteiger partial charge in [-0.1, -0.05) is 18.2 Å². The summed E-state index contributed by atoms with van der Waals surface area (Å²) in [7, 11) is 0. The summed E-state index contributed by atoms with van der Waals surface area (Å²) >= 11 is 3.40. The molecule has 2 fully saturated rings. The first-order valence-electron chi connectivity index (χ1n) is 15.3. The second-order valence-electron chi connectivity index (χ2n) is 11.0. The molecule has 0 amide bonds. The number of hydrogen-bond donors (Lipinski definition) is 0. The summed E-state index contributed by atoms with van der Waals surface area (Å²) in [5.41, 5.74) is 5.60. The Kier molecular flexibility index (Phi) is 9.49. The van der Waals surface area contributed by atoms with Crippen molar-refractivity contribution in [1.29, 1.82) is 0 Å². The Morgan fingerprint density at radius 3 is 1.34 bits per heavy atom. The second kappa shape index (κ2) is 14.2. The maximum absolute atomic E-state index is 5.95. The molecule has 7 heterocycles. The average molecular weight is 626 g/mol. The second-order valence-corrected chi connectivity index (χ2v) is 13.1. The Hall–Kier alpha value is -3.31. The minimum absolute atomic E-state index is 0.122. The van der Waals surface area contributed by atoms with Gasteiger partial charge in [0.1, 0.15) is 0 Å². The van der Waals surface area contributed by atoms with Crippen LogP contribution in [0.2, 0.25) is 0 Å². The van der Waals surface area contributed by atoms with Gasteiger partial charge in [-0.2, -0.15) is 0 Å². The van der Waals surface area contributed by atoms with E-state index in [0.717, 1.165) is 105 Å². The van der Waals surface area contributed by atoms with Crippen LogP contribution in [0.5, 0.6) is 0 Å². The number of rotatable bonds is 10. The van der Waals surface area contributed by atoms with Crippen molar-refractivity contribution < 1.29 is 18.9 Å². The zero-order chi connectivity index (χ0) is 29.6. The highest BCUT2D eigenvalue weighted by Crippen LogP contribution is 2.36. The van der Waals surface area contributed by atoms with Crippen molar-refractivity contribution in [3.63, 3.8) is 0 Å². The number of nitrogens with zero attached hydrogens (tertiary/aromatic N) is 3. The van der Waals surface area contributed by atoms with Gasteiger partial charge in [-0.3, -0.25) is 0 Å². The Labute approximate surface area is 265 Å². The topological polar surface area (TPSA) is 75.6 Å². The number of ether oxygens (including phenoxy) is 4. The SMILES string of the molecule is c1cc(COC2CCCCO2)nc(-c2ccc(-c3cccc(-c4ccc(-c5cccc(COC6CCCCO6)n5)s4)n3)s2)c1. The Balaban J connectivity index is 1.02. The van der Waals surface area contributed by atoms with Crippen molar-refractivity contribution in [3.8, 4) is 42.3 Å². The predicted octanol–water partition coefficient (Wildman–Crippen LogP) is 8.75. The van der Waals surface area contributed by atoms with Crippen LogP contribution in [0.15, 0.2) is 78.9 Å². The first-order valence-corrected chi connectivity index (χ1v) is 17.0. The number of hydrogen-bond acceptors (Lipinski definition) is 9. The normalized spacial score (nSPS) is 18.8. The van der Waals surface area contributed by atoms with Gasteiger partial charge in [0.15, 0.2) is 12.6 Å². The molecule has 5 aromatic heterocycles. The fourth-order valence-corrected chi connectivity index (χ4v) is 7.26. The van der Waals surface area contributed by atoms with Gasteiger partial charge >= 0.3 is 0 Å². The summed E-state index contributed by atoms with van der Waals surface area (Å²) < 4.78 is 23.3. The number of pyridine rings is 3. The third kappa shape index (κ3) is 7.31. The highest BCUT2D eigenvalue weighted by Gasteiger charge is 2.17. The van der Waals surface area contributed by atoms with Crippen LogP contribution in [0.4, 0.5) is 0 Å². The molecule has 0 radical (unpaired) electrons. The lowest BCUT2D eigenvalue weighted by Crippen LogP contribution is -2.22. The van der Waals surface area contributed by atoms with Crippen molar-refractivity contribution in [2.75, 3.05) is 13.2 Å². The zero-order valence-corrected chi connectivity index (χ0v) is 26.2. The lowest BCUT2D eigenvalue weighted by atomic mass is 10.2. The van der Waals surface area contributed by atoms with E-state index in [1.54, 1.807) is 22.7 Å². The Morgan fingerprint density at radius 2 is 0.932 bits per heavy atom. The van der Waals surface area contributed by atoms with Gasteiger partial charge < -0.3 is 18.9 Å². The summed E-state index contributed by atoms with van der Waals surface area (Å²) in [5, 5.41) is 0. The molecule has 0 aromatic carbocycles. The van der Waals surface area contributed by atoms with E-state index in [0.29, 0.717) is 13.2 Å². The highest BCUT2D eigenvalue weighted by atomic mass is 32.1. The molecular formula is C35H35N3O4S2. The summed E-state index contributed by atoms with van der Waals surface area (Å²) in [6.07, 6.45) is 6.17. The molecule has 9 heteroatoms. The number of thiophene rings is 2. The van der Waals surface area contributed by atoms with Crippen molar-refractivity contribution in [1.82, 2.24) is 15.0 Å². The van der Waals surface area contributed by atoms with Crippen molar-refractivity contribution in [2.45, 2.75) is 64.3 Å². The fourth-order valence-electron chi connectivity index (χ4n) is 5.37. The van der Waals surface area contributed by atoms with Gasteiger partial charge in [0, 0.05) is 13.2 Å². The molecule has 2 aliphatic heterocycles. The van der Waals surface area contributed by atoms with Gasteiger partial charge in [-0.05, 0) is 99.2 Å². The lowest BCUT2D eigenvalue weighted by Gasteiger charge is -2.22. The highest BCUT2D eigenvalue weighted by molar-refractivity contribution is 7.19. The van der Waals surface area contributed by atoms with Gasteiger partial charge in [0.25, 0.3) is 0 Å². The van der Waals surface area contributed by atoms with Gasteiger partial charge in [0.05, 0.1) is 66.9 Å². The standard InChI is InChI=1S/C35H35N3O4S2/c1-3-20-39-34(14-1)41-22-24-8-5-10-26(36-24)30-16-18-32(43-30)28-12-7-13-29(38-28)33-19-17-31(44-33)27-11-6-9-25(37-27)23-42-35-15-2-4-21-40-35/h5-13,16-19,34-35H,1-4,14-15,20-23H2. The minimum atomic E-state index is -0.122. The van der Waals surface area contributed by atoms with E-state index < -0.39 is 0 Å². The molecule has 0 saturated carbocycles. The van der Waals surface area contributed by atoms with E-state index in [9.17, 15) is 0 Å². The third-order valence-electron chi connectivity index (χ3n) is 7.69. The molecule has 7 rings (SSSR count). The van der Waals surface area contributed by atoms with Crippen molar-refractivity contribution in [2.24, 2.45) is 0 Å². The smallest absolute Gasteiger partial charge is 0.158 e. The summed E-state index contributed by atoms with van der Waals surface area (Å²) in [4.78, 5) is 19.2. The van der Waals surface area contributed by atoms with Gasteiger partial charge in [0.2, 0.25) is 0 Å². The van der Waals surface area contributed by atoms with E-state index in [1.807, 2.05) is 36.4 Å². The summed E-state index contributed by atoms with van der Waals surface area (Å²) in [5.74, 6) is 0. The molecule has 226 valence electrons. The molecule has 0 aliphatic carbocycles. The van der Waals surface area contributed by atoms with Gasteiger partial charge in [-0.15, -0.1) is 22.7 Å². The van der Waals surface area contributed by atoms with E-state index in [-0.39, 0.29) is 12.6 Å².